The Morgan fingerprint density at radius 2 is 1.97 bits per heavy atom. The van der Waals surface area contributed by atoms with Gasteiger partial charge in [-0.1, -0.05) is 0 Å². The van der Waals surface area contributed by atoms with Crippen LogP contribution in [0, 0.1) is 11.7 Å². The van der Waals surface area contributed by atoms with Crippen molar-refractivity contribution in [3.8, 4) is 5.75 Å². The summed E-state index contributed by atoms with van der Waals surface area (Å²) in [6.45, 7) is 8.12. The molecule has 8 heteroatoms. The van der Waals surface area contributed by atoms with Gasteiger partial charge in [-0.3, -0.25) is 4.90 Å². The molecule has 4 heterocycles. The van der Waals surface area contributed by atoms with E-state index >= 15 is 0 Å². The molecule has 1 aromatic heterocycles. The van der Waals surface area contributed by atoms with Crippen LogP contribution in [-0.2, 0) is 4.74 Å². The molecule has 35 heavy (non-hydrogen) atoms. The molecule has 3 saturated heterocycles. The zero-order valence-corrected chi connectivity index (χ0v) is 20.7. The second-order valence-electron chi connectivity index (χ2n) is 11.6. The van der Waals surface area contributed by atoms with Crippen LogP contribution in [0.3, 0.4) is 0 Å². The smallest absolute Gasteiger partial charge is 0.297 e. The lowest BCUT2D eigenvalue weighted by Crippen LogP contribution is -2.62. The van der Waals surface area contributed by atoms with Crippen molar-refractivity contribution < 1.29 is 23.4 Å². The predicted molar refractivity (Wildman–Crippen MR) is 129 cm³/mol. The van der Waals surface area contributed by atoms with Crippen LogP contribution < -0.4 is 9.64 Å². The summed E-state index contributed by atoms with van der Waals surface area (Å²) in [4.78, 5) is 8.92. The predicted octanol–water partition coefficient (Wildman–Crippen LogP) is 3.97. The number of hydrogen-bond donors (Lipinski definition) is 1. The Morgan fingerprint density at radius 1 is 1.20 bits per heavy atom. The summed E-state index contributed by atoms with van der Waals surface area (Å²) >= 11 is 0. The van der Waals surface area contributed by atoms with Crippen molar-refractivity contribution in [3.63, 3.8) is 0 Å². The lowest BCUT2D eigenvalue weighted by Gasteiger charge is -2.46. The summed E-state index contributed by atoms with van der Waals surface area (Å²) < 4.78 is 32.2. The number of ether oxygens (including phenoxy) is 2. The molecule has 6 rings (SSSR count). The molecule has 0 amide bonds. The molecule has 7 nitrogen and oxygen atoms in total. The lowest BCUT2D eigenvalue weighted by molar-refractivity contribution is -0.0676. The highest BCUT2D eigenvalue weighted by molar-refractivity contribution is 5.38. The minimum atomic E-state index is -0.672. The minimum Gasteiger partial charge on any atom is -0.490 e. The topological polar surface area (TPSA) is 71.2 Å². The zero-order chi connectivity index (χ0) is 24.2. The van der Waals surface area contributed by atoms with Gasteiger partial charge in [-0.15, -0.1) is 0 Å². The molecule has 1 aliphatic carbocycles. The number of piperidine rings is 1. The Bertz CT molecular complexity index is 1020. The number of nitrogens with zero attached hydrogens (tertiary/aromatic N) is 3. The van der Waals surface area contributed by atoms with Gasteiger partial charge in [0.2, 0.25) is 0 Å². The van der Waals surface area contributed by atoms with Gasteiger partial charge in [0.1, 0.15) is 23.4 Å². The highest BCUT2D eigenvalue weighted by Crippen LogP contribution is 2.43. The lowest BCUT2D eigenvalue weighted by atomic mass is 9.72. The van der Waals surface area contributed by atoms with Crippen molar-refractivity contribution >= 4 is 6.01 Å². The number of oxazole rings is 1. The number of aliphatic hydroxyl groups is 1. The maximum absolute atomic E-state index is 14.2. The monoisotopic (exact) mass is 485 g/mol. The standard InChI is InChI=1S/C27H36FN3O4/c1-26(2,32)19-11-22(12-19)35-24-4-3-20(28)13-23(24)18-5-8-30(9-6-18)21-14-27(34-15-21)16-31(17-27)25-29-7-10-33-25/h3-4,7,10,13,18-19,21-22,32H,5-6,8-9,11-12,14-17H2,1-2H3/t19?,21-,22?/m0/s1. The Balaban J connectivity index is 1.03. The van der Waals surface area contributed by atoms with E-state index < -0.39 is 5.60 Å². The summed E-state index contributed by atoms with van der Waals surface area (Å²) in [5.41, 5.74) is 0.244. The van der Waals surface area contributed by atoms with E-state index in [4.69, 9.17) is 13.9 Å². The SMILES string of the molecule is CC(C)(O)C1CC(Oc2ccc(F)cc2C2CCN([C@@H]3COC4(C3)CN(c3ncco3)C4)CC2)C1. The summed E-state index contributed by atoms with van der Waals surface area (Å²) in [5.74, 6) is 1.16. The summed E-state index contributed by atoms with van der Waals surface area (Å²) in [6, 6.07) is 6.06. The number of anilines is 1. The normalized spacial score (nSPS) is 29.3. The summed E-state index contributed by atoms with van der Waals surface area (Å²) in [6.07, 6.45) is 8.08. The maximum atomic E-state index is 14.2. The maximum Gasteiger partial charge on any atom is 0.297 e. The van der Waals surface area contributed by atoms with E-state index in [9.17, 15) is 9.50 Å². The number of rotatable bonds is 6. The van der Waals surface area contributed by atoms with Crippen LogP contribution in [0.5, 0.6) is 5.75 Å². The quantitative estimate of drug-likeness (QED) is 0.664. The minimum absolute atomic E-state index is 0.0800. The highest BCUT2D eigenvalue weighted by Gasteiger charge is 2.52. The molecule has 3 aliphatic heterocycles. The Kier molecular flexibility index (Phi) is 5.81. The second-order valence-corrected chi connectivity index (χ2v) is 11.6. The highest BCUT2D eigenvalue weighted by atomic mass is 19.1. The van der Waals surface area contributed by atoms with Crippen LogP contribution in [0.2, 0.25) is 0 Å². The number of benzene rings is 1. The van der Waals surface area contributed by atoms with E-state index in [1.165, 1.54) is 6.07 Å². The van der Waals surface area contributed by atoms with Crippen LogP contribution in [-0.4, -0.2) is 71.1 Å². The van der Waals surface area contributed by atoms with Crippen LogP contribution in [0.25, 0.3) is 0 Å². The van der Waals surface area contributed by atoms with Crippen LogP contribution in [0.15, 0.2) is 35.1 Å². The first-order valence-electron chi connectivity index (χ1n) is 13.0. The third kappa shape index (κ3) is 4.56. The Morgan fingerprint density at radius 3 is 2.66 bits per heavy atom. The van der Waals surface area contributed by atoms with Gasteiger partial charge in [0.15, 0.2) is 0 Å². The summed E-state index contributed by atoms with van der Waals surface area (Å²) in [7, 11) is 0. The zero-order valence-electron chi connectivity index (χ0n) is 20.7. The fraction of sp³-hybridized carbons (Fsp3) is 0.667. The number of halogens is 1. The first-order chi connectivity index (χ1) is 16.8. The largest absolute Gasteiger partial charge is 0.490 e. The van der Waals surface area contributed by atoms with Crippen molar-refractivity contribution in [2.24, 2.45) is 5.92 Å². The first-order valence-corrected chi connectivity index (χ1v) is 13.0. The number of aromatic nitrogens is 1. The van der Waals surface area contributed by atoms with E-state index in [0.29, 0.717) is 18.0 Å². The van der Waals surface area contributed by atoms with Crippen molar-refractivity contribution in [1.29, 1.82) is 0 Å². The van der Waals surface area contributed by atoms with Gasteiger partial charge in [-0.05, 0) is 89.1 Å². The molecule has 4 aliphatic rings. The van der Waals surface area contributed by atoms with E-state index in [1.807, 2.05) is 13.8 Å². The van der Waals surface area contributed by atoms with Gasteiger partial charge < -0.3 is 23.9 Å². The van der Waals surface area contributed by atoms with Crippen LogP contribution in [0.4, 0.5) is 10.4 Å². The molecule has 1 N–H and O–H groups in total. The molecule has 190 valence electrons. The molecule has 1 atom stereocenters. The molecule has 1 aromatic carbocycles. The van der Waals surface area contributed by atoms with E-state index in [-0.39, 0.29) is 23.4 Å². The van der Waals surface area contributed by atoms with Gasteiger partial charge in [-0.25, -0.2) is 9.37 Å². The third-order valence-electron chi connectivity index (χ3n) is 8.68. The molecule has 0 unspecified atom stereocenters. The molecule has 0 bridgehead atoms. The van der Waals surface area contributed by atoms with Crippen molar-refractivity contribution in [2.45, 2.75) is 75.2 Å². The van der Waals surface area contributed by atoms with Crippen LogP contribution in [0.1, 0.15) is 57.4 Å². The molecular weight excluding hydrogens is 449 g/mol. The first kappa shape index (κ1) is 23.3. The number of likely N-dealkylation sites (tertiary alicyclic amines) is 1. The molecule has 1 saturated carbocycles. The van der Waals surface area contributed by atoms with Gasteiger partial charge in [-0.2, -0.15) is 0 Å². The van der Waals surface area contributed by atoms with Gasteiger partial charge in [0.25, 0.3) is 6.01 Å². The fourth-order valence-corrected chi connectivity index (χ4v) is 6.37. The molecule has 4 fully saturated rings. The van der Waals surface area contributed by atoms with Crippen LogP contribution >= 0.6 is 0 Å². The second kappa shape index (κ2) is 8.75. The molecule has 1 spiro atoms. The summed E-state index contributed by atoms with van der Waals surface area (Å²) in [5, 5.41) is 10.2. The van der Waals surface area contributed by atoms with Gasteiger partial charge >= 0.3 is 0 Å². The molecule has 0 radical (unpaired) electrons. The van der Waals surface area contributed by atoms with Crippen molar-refractivity contribution in [2.75, 3.05) is 37.7 Å². The average Bonchev–Trinajstić information content (AvgIpc) is 3.45. The van der Waals surface area contributed by atoms with E-state index in [1.54, 1.807) is 24.6 Å². The van der Waals surface area contributed by atoms with E-state index in [2.05, 4.69) is 14.8 Å². The fourth-order valence-electron chi connectivity index (χ4n) is 6.37. The number of hydrogen-bond acceptors (Lipinski definition) is 7. The average molecular weight is 486 g/mol. The van der Waals surface area contributed by atoms with Crippen molar-refractivity contribution in [1.82, 2.24) is 9.88 Å². The van der Waals surface area contributed by atoms with Crippen molar-refractivity contribution in [3.05, 3.63) is 42.0 Å². The third-order valence-corrected chi connectivity index (χ3v) is 8.68. The molecular formula is C27H36FN3O4. The Labute approximate surface area is 206 Å². The van der Waals surface area contributed by atoms with E-state index in [0.717, 1.165) is 76.2 Å². The van der Waals surface area contributed by atoms with Gasteiger partial charge in [0, 0.05) is 11.6 Å². The Hall–Kier alpha value is -2.16. The van der Waals surface area contributed by atoms with Gasteiger partial charge in [0.05, 0.1) is 37.6 Å². The molecule has 2 aromatic rings.